The second-order valence-electron chi connectivity index (χ2n) is 4.71. The third kappa shape index (κ3) is 4.61. The van der Waals surface area contributed by atoms with E-state index < -0.39 is 0 Å². The van der Waals surface area contributed by atoms with Gasteiger partial charge in [0.1, 0.15) is 0 Å². The number of aryl methyl sites for hydroxylation is 1. The molecule has 1 aromatic heterocycles. The van der Waals surface area contributed by atoms with Gasteiger partial charge in [0.25, 0.3) is 0 Å². The summed E-state index contributed by atoms with van der Waals surface area (Å²) in [6.07, 6.45) is 1.14. The second kappa shape index (κ2) is 8.01. The fourth-order valence-electron chi connectivity index (χ4n) is 1.88. The maximum atomic E-state index is 4.09. The summed E-state index contributed by atoms with van der Waals surface area (Å²) in [6.45, 7) is 7.01. The van der Waals surface area contributed by atoms with Gasteiger partial charge >= 0.3 is 0 Å². The van der Waals surface area contributed by atoms with Crippen LogP contribution in [0, 0.1) is 6.92 Å². The van der Waals surface area contributed by atoms with Crippen LogP contribution in [0.15, 0.2) is 29.4 Å². The number of aromatic nitrogens is 4. The Hall–Kier alpha value is -1.40. The Balaban J connectivity index is 1.85. The van der Waals surface area contributed by atoms with E-state index in [9.17, 15) is 0 Å². The Morgan fingerprint density at radius 3 is 3.00 bits per heavy atom. The Kier molecular flexibility index (Phi) is 6.01. The number of hydrogen-bond acceptors (Lipinski definition) is 5. The van der Waals surface area contributed by atoms with E-state index in [1.807, 2.05) is 4.68 Å². The Bertz CT molecular complexity index is 526. The molecule has 1 heterocycles. The van der Waals surface area contributed by atoms with Crippen molar-refractivity contribution < 1.29 is 0 Å². The van der Waals surface area contributed by atoms with Gasteiger partial charge in [-0.2, -0.15) is 0 Å². The molecule has 5 nitrogen and oxygen atoms in total. The van der Waals surface area contributed by atoms with Crippen molar-refractivity contribution in [3.05, 3.63) is 35.4 Å². The lowest BCUT2D eigenvalue weighted by atomic mass is 10.2. The largest absolute Gasteiger partial charge is 0.315 e. The molecule has 6 heteroatoms. The summed E-state index contributed by atoms with van der Waals surface area (Å²) < 4.78 is 1.86. The normalized spacial score (nSPS) is 10.9. The van der Waals surface area contributed by atoms with Crippen LogP contribution in [0.5, 0.6) is 0 Å². The molecule has 0 aliphatic rings. The highest BCUT2D eigenvalue weighted by atomic mass is 32.2. The van der Waals surface area contributed by atoms with Crippen molar-refractivity contribution in [3.8, 4) is 0 Å². The van der Waals surface area contributed by atoms with E-state index in [1.165, 1.54) is 11.1 Å². The minimum absolute atomic E-state index is 0.809. The van der Waals surface area contributed by atoms with Crippen molar-refractivity contribution in [1.29, 1.82) is 0 Å². The van der Waals surface area contributed by atoms with E-state index in [2.05, 4.69) is 59.0 Å². The van der Waals surface area contributed by atoms with E-state index in [0.717, 1.165) is 37.0 Å². The molecular weight excluding hydrogens is 270 g/mol. The summed E-state index contributed by atoms with van der Waals surface area (Å²) >= 11 is 1.68. The molecule has 0 aliphatic heterocycles. The molecule has 0 amide bonds. The van der Waals surface area contributed by atoms with Gasteiger partial charge in [-0.15, -0.1) is 5.10 Å². The van der Waals surface area contributed by atoms with Crippen molar-refractivity contribution in [2.24, 2.45) is 0 Å². The third-order valence-electron chi connectivity index (χ3n) is 2.88. The quantitative estimate of drug-likeness (QED) is 0.597. The molecule has 1 N–H and O–H groups in total. The molecule has 0 saturated carbocycles. The van der Waals surface area contributed by atoms with Crippen molar-refractivity contribution in [1.82, 2.24) is 25.5 Å². The number of nitrogens with zero attached hydrogens (tertiary/aromatic N) is 4. The summed E-state index contributed by atoms with van der Waals surface area (Å²) in [5.74, 6) is 0.893. The molecular formula is C14H21N5S. The van der Waals surface area contributed by atoms with E-state index in [4.69, 9.17) is 0 Å². The highest BCUT2D eigenvalue weighted by Crippen LogP contribution is 2.20. The Morgan fingerprint density at radius 2 is 2.20 bits per heavy atom. The molecule has 0 unspecified atom stereocenters. The predicted octanol–water partition coefficient (Wildman–Crippen LogP) is 2.27. The first-order valence-electron chi connectivity index (χ1n) is 6.95. The summed E-state index contributed by atoms with van der Waals surface area (Å²) in [5, 5.41) is 16.1. The summed E-state index contributed by atoms with van der Waals surface area (Å²) in [6, 6.07) is 8.53. The van der Waals surface area contributed by atoms with Crippen LogP contribution in [0.1, 0.15) is 24.5 Å². The zero-order chi connectivity index (χ0) is 14.2. The lowest BCUT2D eigenvalue weighted by molar-refractivity contribution is 0.510. The van der Waals surface area contributed by atoms with Crippen LogP contribution in [0.2, 0.25) is 0 Å². The van der Waals surface area contributed by atoms with Gasteiger partial charge in [0, 0.05) is 12.3 Å². The summed E-state index contributed by atoms with van der Waals surface area (Å²) in [7, 11) is 0. The maximum absolute atomic E-state index is 4.09. The number of rotatable bonds is 8. The molecule has 0 aliphatic carbocycles. The number of tetrazole rings is 1. The fourth-order valence-corrected chi connectivity index (χ4v) is 2.72. The molecule has 0 saturated heterocycles. The Morgan fingerprint density at radius 1 is 1.30 bits per heavy atom. The van der Waals surface area contributed by atoms with Gasteiger partial charge in [0.2, 0.25) is 5.16 Å². The molecule has 1 aromatic carbocycles. The molecule has 108 valence electrons. The number of nitrogens with one attached hydrogen (secondary N) is 1. The van der Waals surface area contributed by atoms with E-state index in [1.54, 1.807) is 11.8 Å². The first-order valence-corrected chi connectivity index (χ1v) is 7.93. The minimum Gasteiger partial charge on any atom is -0.315 e. The number of hydrogen-bond donors (Lipinski definition) is 1. The molecule has 0 radical (unpaired) electrons. The second-order valence-corrected chi connectivity index (χ2v) is 5.65. The SMILES string of the molecule is CCCNCCn1nnnc1SCc1cccc(C)c1. The molecule has 0 atom stereocenters. The van der Waals surface area contributed by atoms with Crippen LogP contribution in [0.4, 0.5) is 0 Å². The highest BCUT2D eigenvalue weighted by molar-refractivity contribution is 7.98. The predicted molar refractivity (Wildman–Crippen MR) is 81.7 cm³/mol. The minimum atomic E-state index is 0.809. The fraction of sp³-hybridized carbons (Fsp3) is 0.500. The van der Waals surface area contributed by atoms with Gasteiger partial charge in [-0.1, -0.05) is 48.5 Å². The molecule has 0 spiro atoms. The first-order chi connectivity index (χ1) is 9.79. The molecule has 0 bridgehead atoms. The van der Waals surface area contributed by atoms with Crippen molar-refractivity contribution in [3.63, 3.8) is 0 Å². The first kappa shape index (κ1) is 15.0. The van der Waals surface area contributed by atoms with Crippen molar-refractivity contribution in [2.45, 2.75) is 37.7 Å². The lowest BCUT2D eigenvalue weighted by Crippen LogP contribution is -2.21. The van der Waals surface area contributed by atoms with Crippen LogP contribution in [-0.4, -0.2) is 33.3 Å². The molecule has 20 heavy (non-hydrogen) atoms. The smallest absolute Gasteiger partial charge is 0.209 e. The van der Waals surface area contributed by atoms with Gasteiger partial charge in [-0.3, -0.25) is 0 Å². The Labute approximate surface area is 124 Å². The number of thioether (sulfide) groups is 1. The third-order valence-corrected chi connectivity index (χ3v) is 3.90. The van der Waals surface area contributed by atoms with Crippen molar-refractivity contribution >= 4 is 11.8 Å². The highest BCUT2D eigenvalue weighted by Gasteiger charge is 2.06. The monoisotopic (exact) mass is 291 g/mol. The van der Waals surface area contributed by atoms with Gasteiger partial charge < -0.3 is 5.32 Å². The van der Waals surface area contributed by atoms with Crippen LogP contribution >= 0.6 is 11.8 Å². The average Bonchev–Trinajstić information content (AvgIpc) is 2.89. The zero-order valence-electron chi connectivity index (χ0n) is 12.0. The molecule has 0 fully saturated rings. The van der Waals surface area contributed by atoms with Gasteiger partial charge in [-0.05, 0) is 35.9 Å². The van der Waals surface area contributed by atoms with Crippen LogP contribution in [0.25, 0.3) is 0 Å². The van der Waals surface area contributed by atoms with Crippen molar-refractivity contribution in [2.75, 3.05) is 13.1 Å². The maximum Gasteiger partial charge on any atom is 0.209 e. The van der Waals surface area contributed by atoms with Crippen LogP contribution in [-0.2, 0) is 12.3 Å². The standard InChI is InChI=1S/C14H21N5S/c1-3-7-15-8-9-19-14(16-17-18-19)20-11-13-6-4-5-12(2)10-13/h4-6,10,15H,3,7-9,11H2,1-2H3. The topological polar surface area (TPSA) is 55.6 Å². The number of benzene rings is 1. The summed E-state index contributed by atoms with van der Waals surface area (Å²) in [4.78, 5) is 0. The van der Waals surface area contributed by atoms with E-state index in [0.29, 0.717) is 0 Å². The molecule has 2 aromatic rings. The van der Waals surface area contributed by atoms with E-state index >= 15 is 0 Å². The van der Waals surface area contributed by atoms with Gasteiger partial charge in [0.05, 0.1) is 6.54 Å². The van der Waals surface area contributed by atoms with Gasteiger partial charge in [0.15, 0.2) is 0 Å². The van der Waals surface area contributed by atoms with Gasteiger partial charge in [-0.25, -0.2) is 4.68 Å². The average molecular weight is 291 g/mol. The van der Waals surface area contributed by atoms with Crippen LogP contribution < -0.4 is 5.32 Å². The van der Waals surface area contributed by atoms with E-state index in [-0.39, 0.29) is 0 Å². The molecule has 2 rings (SSSR count). The lowest BCUT2D eigenvalue weighted by Gasteiger charge is -2.05. The van der Waals surface area contributed by atoms with Crippen LogP contribution in [0.3, 0.4) is 0 Å². The summed E-state index contributed by atoms with van der Waals surface area (Å²) in [5.41, 5.74) is 2.58. The zero-order valence-corrected chi connectivity index (χ0v) is 12.9.